The van der Waals surface area contributed by atoms with Gasteiger partial charge in [-0.1, -0.05) is 18.2 Å². The number of aromatic hydroxyl groups is 4. The van der Waals surface area contributed by atoms with Gasteiger partial charge in [0.15, 0.2) is 11.5 Å². The second kappa shape index (κ2) is 6.40. The molecule has 0 saturated carbocycles. The topological polar surface area (TPSA) is 80.9 Å². The molecule has 0 heterocycles. The van der Waals surface area contributed by atoms with E-state index in [-0.39, 0.29) is 28.9 Å². The lowest BCUT2D eigenvalue weighted by molar-refractivity contribution is 0.403. The van der Waals surface area contributed by atoms with E-state index >= 15 is 0 Å². The Labute approximate surface area is 146 Å². The molecular formula is C21H20O4. The molecule has 4 nitrogen and oxygen atoms in total. The monoisotopic (exact) mass is 336 g/mol. The molecule has 0 aliphatic carbocycles. The number of hydrogen-bond donors (Lipinski definition) is 4. The maximum atomic E-state index is 9.94. The lowest BCUT2D eigenvalue weighted by atomic mass is 9.81. The van der Waals surface area contributed by atoms with E-state index in [9.17, 15) is 20.4 Å². The van der Waals surface area contributed by atoms with Crippen LogP contribution in [0.2, 0.25) is 0 Å². The van der Waals surface area contributed by atoms with Gasteiger partial charge in [-0.25, -0.2) is 0 Å². The van der Waals surface area contributed by atoms with Crippen molar-refractivity contribution >= 4 is 0 Å². The van der Waals surface area contributed by atoms with Crippen LogP contribution in [-0.2, 0) is 0 Å². The Bertz CT molecular complexity index is 880. The molecule has 0 aliphatic rings. The molecule has 3 aromatic rings. The third kappa shape index (κ3) is 3.24. The summed E-state index contributed by atoms with van der Waals surface area (Å²) in [6.45, 7) is 3.83. The summed E-state index contributed by atoms with van der Waals surface area (Å²) in [7, 11) is 0. The zero-order valence-corrected chi connectivity index (χ0v) is 14.1. The predicted molar refractivity (Wildman–Crippen MR) is 96.4 cm³/mol. The second-order valence-corrected chi connectivity index (χ2v) is 6.26. The number of phenolic OH excluding ortho intramolecular Hbond substituents is 4. The normalized spacial score (nSPS) is 11.0. The Kier molecular flexibility index (Phi) is 4.28. The SMILES string of the molecule is Cc1cc(O)ccc1C(c1ccc(O)c(O)c1)c1ccc(O)cc1C. The molecule has 0 aromatic heterocycles. The summed E-state index contributed by atoms with van der Waals surface area (Å²) in [4.78, 5) is 0. The molecule has 0 amide bonds. The maximum absolute atomic E-state index is 9.94. The van der Waals surface area contributed by atoms with Crippen LogP contribution in [0.1, 0.15) is 33.7 Å². The second-order valence-electron chi connectivity index (χ2n) is 6.26. The number of aryl methyl sites for hydroxylation is 2. The van der Waals surface area contributed by atoms with Crippen LogP contribution in [0.15, 0.2) is 54.6 Å². The van der Waals surface area contributed by atoms with E-state index in [1.807, 2.05) is 26.0 Å². The summed E-state index contributed by atoms with van der Waals surface area (Å²) in [5.74, 6) is -0.192. The highest BCUT2D eigenvalue weighted by atomic mass is 16.3. The third-order valence-electron chi connectivity index (χ3n) is 4.46. The summed E-state index contributed by atoms with van der Waals surface area (Å²) in [5, 5.41) is 39.0. The van der Waals surface area contributed by atoms with Gasteiger partial charge in [0.1, 0.15) is 11.5 Å². The van der Waals surface area contributed by atoms with Gasteiger partial charge in [-0.15, -0.1) is 0 Å². The molecule has 3 rings (SSSR count). The van der Waals surface area contributed by atoms with Crippen LogP contribution in [0, 0.1) is 13.8 Å². The Morgan fingerprint density at radius 2 is 1.12 bits per heavy atom. The quantitative estimate of drug-likeness (QED) is 0.424. The van der Waals surface area contributed by atoms with Gasteiger partial charge in [0.2, 0.25) is 0 Å². The molecule has 0 unspecified atom stereocenters. The number of rotatable bonds is 3. The fourth-order valence-electron chi connectivity index (χ4n) is 3.21. The van der Waals surface area contributed by atoms with Crippen LogP contribution in [0.25, 0.3) is 0 Å². The molecule has 0 radical (unpaired) electrons. The van der Waals surface area contributed by atoms with Crippen molar-refractivity contribution in [2.24, 2.45) is 0 Å². The van der Waals surface area contributed by atoms with Crippen LogP contribution < -0.4 is 0 Å². The zero-order valence-electron chi connectivity index (χ0n) is 14.1. The summed E-state index contributed by atoms with van der Waals surface area (Å²) in [6, 6.07) is 15.1. The highest BCUT2D eigenvalue weighted by molar-refractivity contribution is 5.53. The van der Waals surface area contributed by atoms with Crippen LogP contribution >= 0.6 is 0 Å². The molecule has 0 aliphatic heterocycles. The van der Waals surface area contributed by atoms with E-state index in [0.717, 1.165) is 27.8 Å². The van der Waals surface area contributed by atoms with Gasteiger partial charge in [0, 0.05) is 5.92 Å². The Hall–Kier alpha value is -3.14. The van der Waals surface area contributed by atoms with Gasteiger partial charge < -0.3 is 20.4 Å². The number of hydrogen-bond acceptors (Lipinski definition) is 4. The average molecular weight is 336 g/mol. The predicted octanol–water partition coefficient (Wildman–Crippen LogP) is 4.31. The van der Waals surface area contributed by atoms with E-state index in [0.29, 0.717) is 0 Å². The minimum absolute atomic E-state index is 0.174. The molecule has 3 aromatic carbocycles. The molecule has 4 heteroatoms. The highest BCUT2D eigenvalue weighted by Gasteiger charge is 2.22. The zero-order chi connectivity index (χ0) is 18.1. The highest BCUT2D eigenvalue weighted by Crippen LogP contribution is 2.39. The van der Waals surface area contributed by atoms with Crippen molar-refractivity contribution in [3.8, 4) is 23.0 Å². The Morgan fingerprint density at radius 3 is 1.56 bits per heavy atom. The van der Waals surface area contributed by atoms with Gasteiger partial charge in [-0.3, -0.25) is 0 Å². The minimum Gasteiger partial charge on any atom is -0.508 e. The molecule has 0 bridgehead atoms. The molecule has 0 atom stereocenters. The first kappa shape index (κ1) is 16.7. The molecule has 0 saturated heterocycles. The van der Waals surface area contributed by atoms with Crippen molar-refractivity contribution in [1.82, 2.24) is 0 Å². The first-order chi connectivity index (χ1) is 11.9. The Morgan fingerprint density at radius 1 is 0.600 bits per heavy atom. The van der Waals surface area contributed by atoms with Gasteiger partial charge in [0.05, 0.1) is 0 Å². The fourth-order valence-corrected chi connectivity index (χ4v) is 3.21. The van der Waals surface area contributed by atoms with E-state index in [2.05, 4.69) is 0 Å². The number of benzene rings is 3. The lowest BCUT2D eigenvalue weighted by Crippen LogP contribution is -2.07. The third-order valence-corrected chi connectivity index (χ3v) is 4.46. The molecular weight excluding hydrogens is 316 g/mol. The van der Waals surface area contributed by atoms with Crippen molar-refractivity contribution in [3.63, 3.8) is 0 Å². The lowest BCUT2D eigenvalue weighted by Gasteiger charge is -2.23. The summed E-state index contributed by atoms with van der Waals surface area (Å²) in [5.41, 5.74) is 4.56. The van der Waals surface area contributed by atoms with Gasteiger partial charge in [0.25, 0.3) is 0 Å². The van der Waals surface area contributed by atoms with Gasteiger partial charge in [-0.05, 0) is 78.1 Å². The molecule has 25 heavy (non-hydrogen) atoms. The van der Waals surface area contributed by atoms with Crippen LogP contribution in [0.4, 0.5) is 0 Å². The molecule has 4 N–H and O–H groups in total. The van der Waals surface area contributed by atoms with Crippen LogP contribution in [0.3, 0.4) is 0 Å². The first-order valence-corrected chi connectivity index (χ1v) is 7.97. The summed E-state index contributed by atoms with van der Waals surface area (Å²) in [6.07, 6.45) is 0. The average Bonchev–Trinajstić information content (AvgIpc) is 2.54. The fraction of sp³-hybridized carbons (Fsp3) is 0.143. The Balaban J connectivity index is 2.25. The molecule has 0 spiro atoms. The van der Waals surface area contributed by atoms with Crippen LogP contribution in [0.5, 0.6) is 23.0 Å². The van der Waals surface area contributed by atoms with E-state index in [4.69, 9.17) is 0 Å². The van der Waals surface area contributed by atoms with Gasteiger partial charge in [-0.2, -0.15) is 0 Å². The minimum atomic E-state index is -0.215. The standard InChI is InChI=1S/C21H20O4/c1-12-9-15(22)4-6-17(12)21(14-3-8-19(24)20(25)11-14)18-7-5-16(23)10-13(18)2/h3-11,21-25H,1-2H3. The largest absolute Gasteiger partial charge is 0.508 e. The molecule has 128 valence electrons. The maximum Gasteiger partial charge on any atom is 0.157 e. The van der Waals surface area contributed by atoms with Crippen molar-refractivity contribution in [1.29, 1.82) is 0 Å². The van der Waals surface area contributed by atoms with E-state index in [1.165, 1.54) is 6.07 Å². The van der Waals surface area contributed by atoms with Crippen LogP contribution in [-0.4, -0.2) is 20.4 Å². The van der Waals surface area contributed by atoms with Crippen molar-refractivity contribution in [2.45, 2.75) is 19.8 Å². The number of phenols is 4. The molecule has 0 fully saturated rings. The van der Waals surface area contributed by atoms with Crippen molar-refractivity contribution < 1.29 is 20.4 Å². The summed E-state index contributed by atoms with van der Waals surface area (Å²) < 4.78 is 0. The first-order valence-electron chi connectivity index (χ1n) is 7.97. The van der Waals surface area contributed by atoms with Gasteiger partial charge >= 0.3 is 0 Å². The van der Waals surface area contributed by atoms with E-state index < -0.39 is 0 Å². The van der Waals surface area contributed by atoms with Crippen molar-refractivity contribution in [2.75, 3.05) is 0 Å². The van der Waals surface area contributed by atoms with Crippen molar-refractivity contribution in [3.05, 3.63) is 82.4 Å². The van der Waals surface area contributed by atoms with E-state index in [1.54, 1.807) is 36.4 Å². The smallest absolute Gasteiger partial charge is 0.157 e. The summed E-state index contributed by atoms with van der Waals surface area (Å²) >= 11 is 0.